The third-order valence-corrected chi connectivity index (χ3v) is 1.56. The zero-order valence-corrected chi connectivity index (χ0v) is 6.53. The van der Waals surface area contributed by atoms with Gasteiger partial charge < -0.3 is 5.11 Å². The van der Waals surface area contributed by atoms with Crippen LogP contribution in [0.1, 0.15) is 12.0 Å². The maximum Gasteiger partial charge on any atom is 0.0433 e. The maximum atomic E-state index is 8.51. The first kappa shape index (κ1) is 8.28. The SMILES string of the molecule is OCC[CH]Cc1ccccc1. The van der Waals surface area contributed by atoms with Crippen LogP contribution >= 0.6 is 0 Å². The van der Waals surface area contributed by atoms with Crippen LogP contribution < -0.4 is 0 Å². The second-order valence-corrected chi connectivity index (χ2v) is 2.49. The molecule has 1 radical (unpaired) electrons. The minimum absolute atomic E-state index is 0.257. The van der Waals surface area contributed by atoms with Gasteiger partial charge in [-0.15, -0.1) is 0 Å². The second-order valence-electron chi connectivity index (χ2n) is 2.49. The summed E-state index contributed by atoms with van der Waals surface area (Å²) in [4.78, 5) is 0. The molecule has 1 nitrogen and oxygen atoms in total. The zero-order chi connectivity index (χ0) is 7.94. The number of rotatable bonds is 4. The monoisotopic (exact) mass is 149 g/mol. The Labute approximate surface area is 67.7 Å². The largest absolute Gasteiger partial charge is 0.396 e. The lowest BCUT2D eigenvalue weighted by molar-refractivity contribution is 0.297. The quantitative estimate of drug-likeness (QED) is 0.647. The van der Waals surface area contributed by atoms with Crippen molar-refractivity contribution in [2.24, 2.45) is 0 Å². The van der Waals surface area contributed by atoms with Crippen LogP contribution in [0.25, 0.3) is 0 Å². The minimum atomic E-state index is 0.257. The normalized spacial score (nSPS) is 9.91. The molecule has 1 aromatic carbocycles. The number of hydrogen-bond acceptors (Lipinski definition) is 1. The Hall–Kier alpha value is -0.820. The van der Waals surface area contributed by atoms with E-state index in [0.29, 0.717) is 0 Å². The molecule has 0 heterocycles. The molecule has 0 saturated heterocycles. The van der Waals surface area contributed by atoms with E-state index in [4.69, 9.17) is 5.11 Å². The van der Waals surface area contributed by atoms with E-state index in [9.17, 15) is 0 Å². The van der Waals surface area contributed by atoms with Gasteiger partial charge in [-0.2, -0.15) is 0 Å². The van der Waals surface area contributed by atoms with Crippen molar-refractivity contribution >= 4 is 0 Å². The van der Waals surface area contributed by atoms with Gasteiger partial charge in [-0.3, -0.25) is 0 Å². The van der Waals surface area contributed by atoms with E-state index < -0.39 is 0 Å². The summed E-state index contributed by atoms with van der Waals surface area (Å²) in [6, 6.07) is 10.3. The molecule has 0 fully saturated rings. The van der Waals surface area contributed by atoms with Gasteiger partial charge in [-0.25, -0.2) is 0 Å². The van der Waals surface area contributed by atoms with Crippen molar-refractivity contribution in [2.75, 3.05) is 6.61 Å². The molecule has 0 aliphatic heterocycles. The van der Waals surface area contributed by atoms with Crippen molar-refractivity contribution < 1.29 is 5.11 Å². The van der Waals surface area contributed by atoms with Crippen LogP contribution in [0, 0.1) is 6.42 Å². The van der Waals surface area contributed by atoms with E-state index in [0.717, 1.165) is 12.8 Å². The second kappa shape index (κ2) is 4.91. The summed E-state index contributed by atoms with van der Waals surface area (Å²) in [5.74, 6) is 0. The van der Waals surface area contributed by atoms with Crippen molar-refractivity contribution in [1.82, 2.24) is 0 Å². The van der Waals surface area contributed by atoms with Crippen LogP contribution in [0.3, 0.4) is 0 Å². The van der Waals surface area contributed by atoms with E-state index in [1.54, 1.807) is 0 Å². The summed E-state index contributed by atoms with van der Waals surface area (Å²) in [6.45, 7) is 0.257. The molecule has 0 amide bonds. The molecule has 0 aliphatic carbocycles. The number of aliphatic hydroxyl groups is 1. The first-order valence-corrected chi connectivity index (χ1v) is 3.90. The Morgan fingerprint density at radius 3 is 2.55 bits per heavy atom. The average Bonchev–Trinajstić information content (AvgIpc) is 2.07. The molecule has 0 bridgehead atoms. The van der Waals surface area contributed by atoms with Crippen molar-refractivity contribution in [1.29, 1.82) is 0 Å². The highest BCUT2D eigenvalue weighted by Gasteiger charge is 1.90. The van der Waals surface area contributed by atoms with E-state index in [1.807, 2.05) is 18.2 Å². The summed E-state index contributed by atoms with van der Waals surface area (Å²) in [7, 11) is 0. The van der Waals surface area contributed by atoms with Crippen LogP contribution in [-0.2, 0) is 6.42 Å². The molecular formula is C10H13O. The predicted octanol–water partition coefficient (Wildman–Crippen LogP) is 1.82. The maximum absolute atomic E-state index is 8.51. The Morgan fingerprint density at radius 1 is 1.18 bits per heavy atom. The van der Waals surface area contributed by atoms with Crippen molar-refractivity contribution in [3.63, 3.8) is 0 Å². The smallest absolute Gasteiger partial charge is 0.0433 e. The molecule has 0 unspecified atom stereocenters. The van der Waals surface area contributed by atoms with Crippen molar-refractivity contribution in [3.8, 4) is 0 Å². The van der Waals surface area contributed by atoms with Gasteiger partial charge in [0, 0.05) is 6.61 Å². The Kier molecular flexibility index (Phi) is 3.70. The highest BCUT2D eigenvalue weighted by atomic mass is 16.2. The van der Waals surface area contributed by atoms with Crippen LogP contribution in [0.5, 0.6) is 0 Å². The molecule has 0 aliphatic rings. The van der Waals surface area contributed by atoms with Gasteiger partial charge in [0.15, 0.2) is 0 Å². The lowest BCUT2D eigenvalue weighted by Gasteiger charge is -1.97. The van der Waals surface area contributed by atoms with Crippen LogP contribution in [0.2, 0.25) is 0 Å². The average molecular weight is 149 g/mol. The van der Waals surface area contributed by atoms with E-state index >= 15 is 0 Å². The van der Waals surface area contributed by atoms with Gasteiger partial charge in [-0.05, 0) is 24.8 Å². The van der Waals surface area contributed by atoms with Gasteiger partial charge in [0.1, 0.15) is 0 Å². The standard InChI is InChI=1S/C10H13O/c11-9-5-4-8-10-6-2-1-3-7-10/h1-4,6-7,11H,5,8-9H2. The van der Waals surface area contributed by atoms with Gasteiger partial charge >= 0.3 is 0 Å². The summed E-state index contributed by atoms with van der Waals surface area (Å²) >= 11 is 0. The zero-order valence-electron chi connectivity index (χ0n) is 6.53. The third kappa shape index (κ3) is 3.19. The van der Waals surface area contributed by atoms with Crippen molar-refractivity contribution in [3.05, 3.63) is 42.3 Å². The summed E-state index contributed by atoms with van der Waals surface area (Å²) in [5.41, 5.74) is 1.31. The fraction of sp³-hybridized carbons (Fsp3) is 0.300. The molecule has 0 aromatic heterocycles. The number of aliphatic hydroxyl groups excluding tert-OH is 1. The van der Waals surface area contributed by atoms with E-state index in [-0.39, 0.29) is 6.61 Å². The van der Waals surface area contributed by atoms with Gasteiger partial charge in [0.05, 0.1) is 0 Å². The third-order valence-electron chi connectivity index (χ3n) is 1.56. The molecule has 1 aromatic rings. The van der Waals surface area contributed by atoms with Gasteiger partial charge in [-0.1, -0.05) is 30.3 Å². The van der Waals surface area contributed by atoms with Crippen molar-refractivity contribution in [2.45, 2.75) is 12.8 Å². The molecule has 11 heavy (non-hydrogen) atoms. The van der Waals surface area contributed by atoms with Crippen LogP contribution in [0.4, 0.5) is 0 Å². The van der Waals surface area contributed by atoms with Gasteiger partial charge in [0.2, 0.25) is 0 Å². The fourth-order valence-electron chi connectivity index (χ4n) is 0.974. The molecule has 1 N–H and O–H groups in total. The molecule has 59 valence electrons. The Balaban J connectivity index is 2.28. The Morgan fingerprint density at radius 2 is 1.91 bits per heavy atom. The predicted molar refractivity (Wildman–Crippen MR) is 46.1 cm³/mol. The first-order valence-electron chi connectivity index (χ1n) is 3.90. The van der Waals surface area contributed by atoms with Gasteiger partial charge in [0.25, 0.3) is 0 Å². The minimum Gasteiger partial charge on any atom is -0.396 e. The van der Waals surface area contributed by atoms with E-state index in [2.05, 4.69) is 18.6 Å². The lowest BCUT2D eigenvalue weighted by atomic mass is 10.1. The van der Waals surface area contributed by atoms with E-state index in [1.165, 1.54) is 5.56 Å². The number of unbranched alkanes of at least 4 members (excludes halogenated alkanes) is 1. The van der Waals surface area contributed by atoms with Crippen LogP contribution in [0.15, 0.2) is 30.3 Å². The molecule has 0 saturated carbocycles. The van der Waals surface area contributed by atoms with Crippen LogP contribution in [-0.4, -0.2) is 11.7 Å². The number of benzene rings is 1. The lowest BCUT2D eigenvalue weighted by Crippen LogP contribution is -1.88. The molecule has 0 spiro atoms. The molecule has 0 atom stereocenters. The number of hydrogen-bond donors (Lipinski definition) is 1. The summed E-state index contributed by atoms with van der Waals surface area (Å²) < 4.78 is 0. The highest BCUT2D eigenvalue weighted by Crippen LogP contribution is 2.02. The summed E-state index contributed by atoms with van der Waals surface area (Å²) in [6.07, 6.45) is 3.84. The molecule has 1 rings (SSSR count). The summed E-state index contributed by atoms with van der Waals surface area (Å²) in [5, 5.41) is 8.51. The fourth-order valence-corrected chi connectivity index (χ4v) is 0.974. The first-order chi connectivity index (χ1) is 5.43. The Bertz CT molecular complexity index is 181. The highest BCUT2D eigenvalue weighted by molar-refractivity contribution is 5.16. The topological polar surface area (TPSA) is 20.2 Å². The molecule has 1 heteroatoms. The molecular weight excluding hydrogens is 136 g/mol.